The number of nitrogens with zero attached hydrogens (tertiary/aromatic N) is 5. The van der Waals surface area contributed by atoms with Gasteiger partial charge in [-0.2, -0.15) is 4.31 Å². The van der Waals surface area contributed by atoms with E-state index < -0.39 is 21.8 Å². The number of aromatic nitrogens is 1. The highest BCUT2D eigenvalue weighted by Gasteiger charge is 2.33. The van der Waals surface area contributed by atoms with Crippen molar-refractivity contribution in [3.05, 3.63) is 18.0 Å². The molecule has 3 aliphatic rings. The summed E-state index contributed by atoms with van der Waals surface area (Å²) >= 11 is 0. The molecule has 3 aliphatic heterocycles. The van der Waals surface area contributed by atoms with Gasteiger partial charge in [0.15, 0.2) is 0 Å². The van der Waals surface area contributed by atoms with Crippen molar-refractivity contribution in [3.8, 4) is 0 Å². The SMILES string of the molecule is Cn1cc(S(=O)(=O)N2CCCCC2)cc1C(=O)N1CCN(C(=O)C(=O)N2CCOCC2)CC1. The van der Waals surface area contributed by atoms with Crippen molar-refractivity contribution in [2.75, 3.05) is 65.6 Å². The molecular formula is C21H31N5O6S. The van der Waals surface area contributed by atoms with E-state index in [9.17, 15) is 22.8 Å². The highest BCUT2D eigenvalue weighted by Crippen LogP contribution is 2.23. The molecule has 3 saturated heterocycles. The van der Waals surface area contributed by atoms with Gasteiger partial charge in [0.2, 0.25) is 10.0 Å². The zero-order valence-corrected chi connectivity index (χ0v) is 19.8. The first kappa shape index (κ1) is 23.7. The third kappa shape index (κ3) is 4.92. The number of amides is 3. The Morgan fingerprint density at radius 3 is 1.94 bits per heavy atom. The van der Waals surface area contributed by atoms with Crippen LogP contribution >= 0.6 is 0 Å². The summed E-state index contributed by atoms with van der Waals surface area (Å²) in [6, 6.07) is 1.44. The van der Waals surface area contributed by atoms with Gasteiger partial charge in [0, 0.05) is 65.6 Å². The van der Waals surface area contributed by atoms with Crippen molar-refractivity contribution in [2.45, 2.75) is 24.2 Å². The smallest absolute Gasteiger partial charge is 0.312 e. The van der Waals surface area contributed by atoms with Crippen LogP contribution < -0.4 is 0 Å². The van der Waals surface area contributed by atoms with Gasteiger partial charge < -0.3 is 24.0 Å². The van der Waals surface area contributed by atoms with Crippen LogP contribution in [0.25, 0.3) is 0 Å². The molecule has 1 aromatic rings. The lowest BCUT2D eigenvalue weighted by Gasteiger charge is -2.35. The monoisotopic (exact) mass is 481 g/mol. The van der Waals surface area contributed by atoms with E-state index in [4.69, 9.17) is 4.74 Å². The minimum Gasteiger partial charge on any atom is -0.378 e. The van der Waals surface area contributed by atoms with E-state index in [0.717, 1.165) is 19.3 Å². The fourth-order valence-electron chi connectivity index (χ4n) is 4.45. The third-order valence-corrected chi connectivity index (χ3v) is 8.35. The first-order chi connectivity index (χ1) is 15.8. The Morgan fingerprint density at radius 1 is 0.788 bits per heavy atom. The lowest BCUT2D eigenvalue weighted by atomic mass is 10.2. The quantitative estimate of drug-likeness (QED) is 0.530. The van der Waals surface area contributed by atoms with E-state index >= 15 is 0 Å². The van der Waals surface area contributed by atoms with Crippen LogP contribution in [0.5, 0.6) is 0 Å². The van der Waals surface area contributed by atoms with Crippen molar-refractivity contribution >= 4 is 27.7 Å². The Labute approximate surface area is 193 Å². The van der Waals surface area contributed by atoms with Gasteiger partial charge in [-0.1, -0.05) is 6.42 Å². The first-order valence-corrected chi connectivity index (χ1v) is 12.8. The Hall–Kier alpha value is -2.44. The van der Waals surface area contributed by atoms with Crippen LogP contribution in [0.2, 0.25) is 0 Å². The highest BCUT2D eigenvalue weighted by atomic mass is 32.2. The largest absolute Gasteiger partial charge is 0.378 e. The van der Waals surface area contributed by atoms with E-state index in [1.54, 1.807) is 16.5 Å². The lowest BCUT2D eigenvalue weighted by Crippen LogP contribution is -2.55. The Balaban J connectivity index is 1.38. The molecule has 0 atom stereocenters. The fourth-order valence-corrected chi connectivity index (χ4v) is 6.04. The molecule has 0 N–H and O–H groups in total. The van der Waals surface area contributed by atoms with Gasteiger partial charge in [-0.25, -0.2) is 8.42 Å². The maximum Gasteiger partial charge on any atom is 0.312 e. The number of hydrogen-bond donors (Lipinski definition) is 0. The molecule has 1 aromatic heterocycles. The number of aryl methyl sites for hydroxylation is 1. The summed E-state index contributed by atoms with van der Waals surface area (Å²) in [7, 11) is -1.97. The normalized spacial score (nSPS) is 20.7. The third-order valence-electron chi connectivity index (χ3n) is 6.49. The van der Waals surface area contributed by atoms with Gasteiger partial charge in [0.25, 0.3) is 5.91 Å². The molecule has 0 bridgehead atoms. The lowest BCUT2D eigenvalue weighted by molar-refractivity contribution is -0.154. The molecule has 4 rings (SSSR count). The van der Waals surface area contributed by atoms with Crippen molar-refractivity contribution in [1.29, 1.82) is 0 Å². The maximum absolute atomic E-state index is 13.1. The zero-order chi connectivity index (χ0) is 23.6. The average Bonchev–Trinajstić information content (AvgIpc) is 3.26. The van der Waals surface area contributed by atoms with Crippen LogP contribution in [0, 0.1) is 0 Å². The molecule has 4 heterocycles. The van der Waals surface area contributed by atoms with Crippen molar-refractivity contribution in [1.82, 2.24) is 23.6 Å². The number of rotatable bonds is 3. The van der Waals surface area contributed by atoms with E-state index in [1.807, 2.05) is 0 Å². The number of piperazine rings is 1. The topological polar surface area (TPSA) is 112 Å². The number of morpholine rings is 1. The van der Waals surface area contributed by atoms with Gasteiger partial charge in [0.05, 0.1) is 13.2 Å². The van der Waals surface area contributed by atoms with Crippen LogP contribution in [-0.4, -0.2) is 115 Å². The minimum atomic E-state index is -3.63. The standard InChI is InChI=1S/C21H31N5O6S/c1-22-16-17(33(30,31)26-5-3-2-4-6-26)15-18(22)19(27)23-7-9-24(10-8-23)20(28)21(29)25-11-13-32-14-12-25/h15-16H,2-14H2,1H3. The van der Waals surface area contributed by atoms with E-state index in [2.05, 4.69) is 0 Å². The van der Waals surface area contributed by atoms with Crippen LogP contribution in [0.3, 0.4) is 0 Å². The molecule has 3 fully saturated rings. The molecule has 12 heteroatoms. The summed E-state index contributed by atoms with van der Waals surface area (Å²) in [6.07, 6.45) is 4.19. The van der Waals surface area contributed by atoms with Crippen molar-refractivity contribution in [3.63, 3.8) is 0 Å². The van der Waals surface area contributed by atoms with E-state index in [-0.39, 0.29) is 42.7 Å². The van der Waals surface area contributed by atoms with Gasteiger partial charge in [0.1, 0.15) is 10.6 Å². The molecule has 33 heavy (non-hydrogen) atoms. The molecular weight excluding hydrogens is 450 g/mol. The van der Waals surface area contributed by atoms with Crippen molar-refractivity contribution < 1.29 is 27.5 Å². The van der Waals surface area contributed by atoms with Gasteiger partial charge >= 0.3 is 11.8 Å². The summed E-state index contributed by atoms with van der Waals surface area (Å²) in [5.74, 6) is -1.38. The first-order valence-electron chi connectivity index (χ1n) is 11.4. The molecule has 11 nitrogen and oxygen atoms in total. The number of piperidine rings is 1. The molecule has 0 spiro atoms. The number of sulfonamides is 1. The fraction of sp³-hybridized carbons (Fsp3) is 0.667. The predicted octanol–water partition coefficient (Wildman–Crippen LogP) is -0.657. The molecule has 0 aromatic carbocycles. The molecule has 182 valence electrons. The molecule has 0 unspecified atom stereocenters. The molecule has 0 radical (unpaired) electrons. The summed E-state index contributed by atoms with van der Waals surface area (Å²) in [5, 5.41) is 0. The number of ether oxygens (including phenoxy) is 1. The summed E-state index contributed by atoms with van der Waals surface area (Å²) in [6.45, 7) is 3.72. The van der Waals surface area contributed by atoms with Gasteiger partial charge in [-0.3, -0.25) is 14.4 Å². The zero-order valence-electron chi connectivity index (χ0n) is 18.9. The summed E-state index contributed by atoms with van der Waals surface area (Å²) in [4.78, 5) is 42.8. The molecule has 0 saturated carbocycles. The number of carbonyl (C=O) groups is 3. The second-order valence-corrected chi connectivity index (χ2v) is 10.6. The van der Waals surface area contributed by atoms with Gasteiger partial charge in [-0.15, -0.1) is 0 Å². The predicted molar refractivity (Wildman–Crippen MR) is 118 cm³/mol. The highest BCUT2D eigenvalue weighted by molar-refractivity contribution is 7.89. The Kier molecular flexibility index (Phi) is 7.05. The van der Waals surface area contributed by atoms with Crippen LogP contribution in [-0.2, 0) is 31.4 Å². The Morgan fingerprint density at radius 2 is 1.33 bits per heavy atom. The molecule has 3 amide bonds. The van der Waals surface area contributed by atoms with E-state index in [1.165, 1.54) is 26.4 Å². The van der Waals surface area contributed by atoms with Crippen molar-refractivity contribution in [2.24, 2.45) is 7.05 Å². The van der Waals surface area contributed by atoms with Gasteiger partial charge in [-0.05, 0) is 18.9 Å². The van der Waals surface area contributed by atoms with Crippen LogP contribution in [0.1, 0.15) is 29.8 Å². The van der Waals surface area contributed by atoms with E-state index in [0.29, 0.717) is 39.4 Å². The number of carbonyl (C=O) groups excluding carboxylic acids is 3. The second-order valence-electron chi connectivity index (χ2n) is 8.63. The summed E-state index contributed by atoms with van der Waals surface area (Å²) < 4.78 is 34.2. The van der Waals surface area contributed by atoms with Crippen LogP contribution in [0.15, 0.2) is 17.2 Å². The maximum atomic E-state index is 13.1. The molecule has 0 aliphatic carbocycles. The minimum absolute atomic E-state index is 0.125. The average molecular weight is 482 g/mol. The number of hydrogen-bond acceptors (Lipinski definition) is 6. The van der Waals surface area contributed by atoms with Crippen LogP contribution in [0.4, 0.5) is 0 Å². The Bertz CT molecular complexity index is 1000. The summed E-state index contributed by atoms with van der Waals surface area (Å²) in [5.41, 5.74) is 0.287. The second kappa shape index (κ2) is 9.82.